The van der Waals surface area contributed by atoms with Crippen LogP contribution in [0.15, 0.2) is 35.4 Å². The smallest absolute Gasteiger partial charge is 0.256 e. The molecule has 0 spiro atoms. The van der Waals surface area contributed by atoms with Crippen molar-refractivity contribution in [2.75, 3.05) is 13.1 Å². The number of aromatic nitrogens is 2. The molecule has 0 atom stereocenters. The molecule has 0 N–H and O–H groups in total. The first kappa shape index (κ1) is 16.3. The van der Waals surface area contributed by atoms with Crippen LogP contribution in [-0.2, 0) is 19.4 Å². The SMILES string of the molecule is O=C(c1ccc(Cl)cc1)N1CCc2ncn(CC3CC3)c(=O)c2CC1. The van der Waals surface area contributed by atoms with Gasteiger partial charge in [-0.25, -0.2) is 4.98 Å². The van der Waals surface area contributed by atoms with Gasteiger partial charge in [0, 0.05) is 42.2 Å². The Morgan fingerprint density at radius 2 is 1.88 bits per heavy atom. The van der Waals surface area contributed by atoms with Crippen molar-refractivity contribution in [1.29, 1.82) is 0 Å². The van der Waals surface area contributed by atoms with Crippen LogP contribution < -0.4 is 5.56 Å². The van der Waals surface area contributed by atoms with E-state index >= 15 is 0 Å². The monoisotopic (exact) mass is 357 g/mol. The molecular weight excluding hydrogens is 338 g/mol. The highest BCUT2D eigenvalue weighted by Crippen LogP contribution is 2.30. The summed E-state index contributed by atoms with van der Waals surface area (Å²) in [6, 6.07) is 6.92. The molecule has 0 radical (unpaired) electrons. The van der Waals surface area contributed by atoms with E-state index in [4.69, 9.17) is 11.6 Å². The van der Waals surface area contributed by atoms with E-state index in [2.05, 4.69) is 4.98 Å². The van der Waals surface area contributed by atoms with Crippen molar-refractivity contribution in [2.24, 2.45) is 5.92 Å². The number of hydrogen-bond acceptors (Lipinski definition) is 3. The van der Waals surface area contributed by atoms with Crippen LogP contribution in [0.5, 0.6) is 0 Å². The number of benzene rings is 1. The summed E-state index contributed by atoms with van der Waals surface area (Å²) < 4.78 is 1.74. The normalized spacial score (nSPS) is 17.1. The molecule has 2 aliphatic rings. The Morgan fingerprint density at radius 1 is 1.16 bits per heavy atom. The van der Waals surface area contributed by atoms with Gasteiger partial charge in [0.05, 0.1) is 12.0 Å². The van der Waals surface area contributed by atoms with Gasteiger partial charge in [0.1, 0.15) is 0 Å². The minimum atomic E-state index is -0.0252. The van der Waals surface area contributed by atoms with Crippen LogP contribution in [0.4, 0.5) is 0 Å². The molecule has 1 fully saturated rings. The number of halogens is 1. The summed E-state index contributed by atoms with van der Waals surface area (Å²) >= 11 is 5.89. The second-order valence-electron chi connectivity index (χ2n) is 6.87. The summed E-state index contributed by atoms with van der Waals surface area (Å²) in [7, 11) is 0. The lowest BCUT2D eigenvalue weighted by atomic mass is 10.1. The van der Waals surface area contributed by atoms with Crippen LogP contribution >= 0.6 is 11.6 Å². The van der Waals surface area contributed by atoms with Crippen molar-refractivity contribution < 1.29 is 4.79 Å². The fourth-order valence-electron chi connectivity index (χ4n) is 3.32. The van der Waals surface area contributed by atoms with Crippen molar-refractivity contribution in [1.82, 2.24) is 14.5 Å². The number of carbonyl (C=O) groups excluding carboxylic acids is 1. The Kier molecular flexibility index (Phi) is 4.34. The van der Waals surface area contributed by atoms with Gasteiger partial charge in [0.2, 0.25) is 0 Å². The molecule has 0 unspecified atom stereocenters. The third-order valence-electron chi connectivity index (χ3n) is 5.00. The average molecular weight is 358 g/mol. The number of nitrogens with zero attached hydrogens (tertiary/aromatic N) is 3. The predicted molar refractivity (Wildman–Crippen MR) is 96.0 cm³/mol. The van der Waals surface area contributed by atoms with E-state index in [0.29, 0.717) is 42.4 Å². The van der Waals surface area contributed by atoms with Gasteiger partial charge in [0.25, 0.3) is 11.5 Å². The van der Waals surface area contributed by atoms with Crippen molar-refractivity contribution in [3.05, 3.63) is 62.8 Å². The van der Waals surface area contributed by atoms with Gasteiger partial charge in [0.15, 0.2) is 0 Å². The van der Waals surface area contributed by atoms with Gasteiger partial charge in [-0.1, -0.05) is 11.6 Å². The molecule has 2 aromatic rings. The topological polar surface area (TPSA) is 55.2 Å². The van der Waals surface area contributed by atoms with E-state index in [-0.39, 0.29) is 11.5 Å². The van der Waals surface area contributed by atoms with Crippen LogP contribution in [0, 0.1) is 5.92 Å². The minimum Gasteiger partial charge on any atom is -0.338 e. The standard InChI is InChI=1S/C19H20ClN3O2/c20-15-5-3-14(4-6-15)18(24)22-9-7-16-17(8-10-22)21-12-23(19(16)25)11-13-1-2-13/h3-6,12-13H,1-2,7-11H2. The van der Waals surface area contributed by atoms with E-state index in [1.54, 1.807) is 40.1 Å². The van der Waals surface area contributed by atoms with E-state index in [0.717, 1.165) is 17.8 Å². The first-order chi connectivity index (χ1) is 12.1. The van der Waals surface area contributed by atoms with E-state index < -0.39 is 0 Å². The fraction of sp³-hybridized carbons (Fsp3) is 0.421. The summed E-state index contributed by atoms with van der Waals surface area (Å²) in [6.45, 7) is 1.89. The Morgan fingerprint density at radius 3 is 2.60 bits per heavy atom. The Bertz CT molecular complexity index is 856. The predicted octanol–water partition coefficient (Wildman–Crippen LogP) is 2.55. The number of hydrogen-bond donors (Lipinski definition) is 0. The molecule has 1 saturated carbocycles. The summed E-state index contributed by atoms with van der Waals surface area (Å²) in [5, 5.41) is 0.611. The van der Waals surface area contributed by atoms with Crippen molar-refractivity contribution >= 4 is 17.5 Å². The Balaban J connectivity index is 1.53. The molecule has 1 amide bonds. The summed E-state index contributed by atoms with van der Waals surface area (Å²) in [6.07, 6.45) is 5.26. The van der Waals surface area contributed by atoms with Gasteiger partial charge in [-0.05, 0) is 49.4 Å². The second-order valence-corrected chi connectivity index (χ2v) is 7.31. The lowest BCUT2D eigenvalue weighted by Gasteiger charge is -2.20. The van der Waals surface area contributed by atoms with Crippen LogP contribution in [0.1, 0.15) is 34.5 Å². The molecule has 2 heterocycles. The first-order valence-corrected chi connectivity index (χ1v) is 9.11. The average Bonchev–Trinajstić information content (AvgIpc) is 3.44. The van der Waals surface area contributed by atoms with Gasteiger partial charge >= 0.3 is 0 Å². The summed E-state index contributed by atoms with van der Waals surface area (Å²) in [4.78, 5) is 31.7. The number of carbonyl (C=O) groups is 1. The fourth-order valence-corrected chi connectivity index (χ4v) is 3.45. The molecule has 1 aromatic carbocycles. The van der Waals surface area contributed by atoms with Gasteiger partial charge in [-0.3, -0.25) is 14.2 Å². The highest BCUT2D eigenvalue weighted by molar-refractivity contribution is 6.30. The molecule has 25 heavy (non-hydrogen) atoms. The van der Waals surface area contributed by atoms with Crippen LogP contribution in [0.25, 0.3) is 0 Å². The lowest BCUT2D eigenvalue weighted by molar-refractivity contribution is 0.0763. The summed E-state index contributed by atoms with van der Waals surface area (Å²) in [5.74, 6) is 0.606. The first-order valence-electron chi connectivity index (χ1n) is 8.74. The zero-order chi connectivity index (χ0) is 17.4. The molecule has 1 aliphatic heterocycles. The van der Waals surface area contributed by atoms with E-state index in [1.807, 2.05) is 0 Å². The minimum absolute atomic E-state index is 0.0252. The Labute approximate surface area is 151 Å². The van der Waals surface area contributed by atoms with Crippen LogP contribution in [0.3, 0.4) is 0 Å². The summed E-state index contributed by atoms with van der Waals surface area (Å²) in [5.41, 5.74) is 2.30. The van der Waals surface area contributed by atoms with Crippen LogP contribution in [-0.4, -0.2) is 33.4 Å². The van der Waals surface area contributed by atoms with E-state index in [1.165, 1.54) is 12.8 Å². The molecule has 0 bridgehead atoms. The highest BCUT2D eigenvalue weighted by Gasteiger charge is 2.25. The maximum atomic E-state index is 12.7. The number of fused-ring (bicyclic) bond motifs is 1. The van der Waals surface area contributed by atoms with Gasteiger partial charge in [-0.15, -0.1) is 0 Å². The van der Waals surface area contributed by atoms with Crippen LogP contribution in [0.2, 0.25) is 5.02 Å². The van der Waals surface area contributed by atoms with Crippen molar-refractivity contribution in [3.8, 4) is 0 Å². The second kappa shape index (κ2) is 6.64. The molecule has 4 rings (SSSR count). The highest BCUT2D eigenvalue weighted by atomic mass is 35.5. The largest absolute Gasteiger partial charge is 0.338 e. The third kappa shape index (κ3) is 3.47. The van der Waals surface area contributed by atoms with E-state index in [9.17, 15) is 9.59 Å². The molecule has 0 saturated heterocycles. The molecule has 6 heteroatoms. The lowest BCUT2D eigenvalue weighted by Crippen LogP contribution is -2.33. The zero-order valence-corrected chi connectivity index (χ0v) is 14.7. The number of rotatable bonds is 3. The molecule has 1 aliphatic carbocycles. The van der Waals surface area contributed by atoms with Crippen molar-refractivity contribution in [3.63, 3.8) is 0 Å². The van der Waals surface area contributed by atoms with Gasteiger partial charge in [-0.2, -0.15) is 0 Å². The maximum absolute atomic E-state index is 12.7. The quantitative estimate of drug-likeness (QED) is 0.848. The van der Waals surface area contributed by atoms with Crippen molar-refractivity contribution in [2.45, 2.75) is 32.2 Å². The number of amides is 1. The maximum Gasteiger partial charge on any atom is 0.256 e. The molecule has 1 aromatic heterocycles. The molecule has 5 nitrogen and oxygen atoms in total. The molecule has 130 valence electrons. The third-order valence-corrected chi connectivity index (χ3v) is 5.25. The molecular formula is C19H20ClN3O2. The van der Waals surface area contributed by atoms with Gasteiger partial charge < -0.3 is 4.90 Å². The Hall–Kier alpha value is -2.14. The zero-order valence-electron chi connectivity index (χ0n) is 13.9.